The molecule has 0 aliphatic heterocycles. The van der Waals surface area contributed by atoms with Crippen LogP contribution < -0.4 is 10.2 Å². The molecule has 3 nitrogen and oxygen atoms in total. The number of nitrogens with zero attached hydrogens (tertiary/aromatic N) is 2. The normalized spacial score (nSPS) is 19.7. The standard InChI is InChI=1S/C18H29N3/c1-14-16(12-19-17-9-10-17)8-11-18(20-14)21(2)13-15-6-4-3-5-7-15/h8,11,15,17,19H,3-7,9-10,12-13H2,1-2H3. The molecule has 2 aliphatic rings. The van der Waals surface area contributed by atoms with Gasteiger partial charge in [0.1, 0.15) is 5.82 Å². The van der Waals surface area contributed by atoms with Gasteiger partial charge in [-0.25, -0.2) is 4.98 Å². The second kappa shape index (κ2) is 6.78. The number of hydrogen-bond donors (Lipinski definition) is 1. The quantitative estimate of drug-likeness (QED) is 0.865. The highest BCUT2D eigenvalue weighted by Gasteiger charge is 2.20. The van der Waals surface area contributed by atoms with Crippen molar-refractivity contribution in [2.45, 2.75) is 64.5 Å². The van der Waals surface area contributed by atoms with Gasteiger partial charge in [-0.3, -0.25) is 0 Å². The van der Waals surface area contributed by atoms with Gasteiger partial charge in [0.25, 0.3) is 0 Å². The fourth-order valence-corrected chi connectivity index (χ4v) is 3.37. The summed E-state index contributed by atoms with van der Waals surface area (Å²) >= 11 is 0. The number of pyridine rings is 1. The Labute approximate surface area is 129 Å². The van der Waals surface area contributed by atoms with Crippen LogP contribution in [0.4, 0.5) is 5.82 Å². The summed E-state index contributed by atoms with van der Waals surface area (Å²) in [6.45, 7) is 4.27. The molecule has 0 saturated heterocycles. The van der Waals surface area contributed by atoms with Crippen molar-refractivity contribution in [2.75, 3.05) is 18.5 Å². The van der Waals surface area contributed by atoms with Gasteiger partial charge in [0.2, 0.25) is 0 Å². The minimum atomic E-state index is 0.762. The Bertz CT molecular complexity index is 462. The number of nitrogens with one attached hydrogen (secondary N) is 1. The molecule has 2 aliphatic carbocycles. The van der Waals surface area contributed by atoms with Gasteiger partial charge in [0.15, 0.2) is 0 Å². The van der Waals surface area contributed by atoms with E-state index < -0.39 is 0 Å². The van der Waals surface area contributed by atoms with Gasteiger partial charge >= 0.3 is 0 Å². The summed E-state index contributed by atoms with van der Waals surface area (Å²) < 4.78 is 0. The molecule has 0 aromatic carbocycles. The van der Waals surface area contributed by atoms with Crippen LogP contribution in [0.5, 0.6) is 0 Å². The molecule has 0 bridgehead atoms. The molecule has 21 heavy (non-hydrogen) atoms. The van der Waals surface area contributed by atoms with Crippen molar-refractivity contribution < 1.29 is 0 Å². The molecule has 0 spiro atoms. The largest absolute Gasteiger partial charge is 0.359 e. The Kier molecular flexibility index (Phi) is 4.79. The van der Waals surface area contributed by atoms with Crippen LogP contribution in [0.1, 0.15) is 56.2 Å². The van der Waals surface area contributed by atoms with Crippen molar-refractivity contribution in [2.24, 2.45) is 5.92 Å². The van der Waals surface area contributed by atoms with Crippen LogP contribution in [-0.2, 0) is 6.54 Å². The molecule has 1 aromatic heterocycles. The summed E-state index contributed by atoms with van der Waals surface area (Å²) in [5.74, 6) is 2.00. The fourth-order valence-electron chi connectivity index (χ4n) is 3.37. The minimum absolute atomic E-state index is 0.762. The average Bonchev–Trinajstić information content (AvgIpc) is 3.31. The number of aryl methyl sites for hydroxylation is 1. The van der Waals surface area contributed by atoms with Crippen molar-refractivity contribution in [3.63, 3.8) is 0 Å². The summed E-state index contributed by atoms with van der Waals surface area (Å²) in [4.78, 5) is 7.17. The Morgan fingerprint density at radius 1 is 1.14 bits per heavy atom. The lowest BCUT2D eigenvalue weighted by Gasteiger charge is -2.28. The number of rotatable bonds is 6. The van der Waals surface area contributed by atoms with Crippen molar-refractivity contribution in [1.82, 2.24) is 10.3 Å². The Balaban J connectivity index is 1.57. The predicted octanol–water partition coefficient (Wildman–Crippen LogP) is 3.66. The Morgan fingerprint density at radius 2 is 1.90 bits per heavy atom. The van der Waals surface area contributed by atoms with Gasteiger partial charge in [0.05, 0.1) is 0 Å². The molecule has 2 fully saturated rings. The lowest BCUT2D eigenvalue weighted by atomic mass is 9.89. The lowest BCUT2D eigenvalue weighted by Crippen LogP contribution is -2.27. The first-order valence-electron chi connectivity index (χ1n) is 8.63. The molecule has 2 saturated carbocycles. The summed E-state index contributed by atoms with van der Waals surface area (Å²) in [6, 6.07) is 5.21. The summed E-state index contributed by atoms with van der Waals surface area (Å²) in [5.41, 5.74) is 2.52. The van der Waals surface area contributed by atoms with Crippen molar-refractivity contribution in [3.05, 3.63) is 23.4 Å². The van der Waals surface area contributed by atoms with Crippen LogP contribution in [0.15, 0.2) is 12.1 Å². The van der Waals surface area contributed by atoms with E-state index in [1.54, 1.807) is 0 Å². The Hall–Kier alpha value is -1.09. The zero-order valence-electron chi connectivity index (χ0n) is 13.6. The third kappa shape index (κ3) is 4.19. The van der Waals surface area contributed by atoms with E-state index >= 15 is 0 Å². The van der Waals surface area contributed by atoms with E-state index in [0.717, 1.165) is 30.9 Å². The minimum Gasteiger partial charge on any atom is -0.359 e. The van der Waals surface area contributed by atoms with Gasteiger partial charge < -0.3 is 10.2 Å². The monoisotopic (exact) mass is 287 g/mol. The third-order valence-electron chi connectivity index (χ3n) is 4.99. The van der Waals surface area contributed by atoms with Gasteiger partial charge in [-0.1, -0.05) is 25.3 Å². The molecule has 0 unspecified atom stereocenters. The third-order valence-corrected chi connectivity index (χ3v) is 4.99. The van der Waals surface area contributed by atoms with E-state index in [4.69, 9.17) is 4.98 Å². The highest BCUT2D eigenvalue weighted by atomic mass is 15.2. The van der Waals surface area contributed by atoms with Crippen molar-refractivity contribution in [1.29, 1.82) is 0 Å². The topological polar surface area (TPSA) is 28.2 Å². The van der Waals surface area contributed by atoms with Crippen LogP contribution in [0.25, 0.3) is 0 Å². The van der Waals surface area contributed by atoms with E-state index in [0.29, 0.717) is 0 Å². The smallest absolute Gasteiger partial charge is 0.128 e. The highest BCUT2D eigenvalue weighted by molar-refractivity contribution is 5.41. The van der Waals surface area contributed by atoms with E-state index in [1.807, 2.05) is 0 Å². The molecule has 3 heteroatoms. The zero-order chi connectivity index (χ0) is 14.7. The number of aromatic nitrogens is 1. The van der Waals surface area contributed by atoms with Crippen LogP contribution in [0, 0.1) is 12.8 Å². The van der Waals surface area contributed by atoms with Crippen molar-refractivity contribution in [3.8, 4) is 0 Å². The van der Waals surface area contributed by atoms with E-state index in [1.165, 1.54) is 56.2 Å². The molecule has 0 amide bonds. The van der Waals surface area contributed by atoms with Gasteiger partial charge in [-0.05, 0) is 50.2 Å². The Morgan fingerprint density at radius 3 is 2.57 bits per heavy atom. The van der Waals surface area contributed by atoms with Gasteiger partial charge in [0, 0.05) is 31.9 Å². The molecule has 1 heterocycles. The summed E-state index contributed by atoms with van der Waals surface area (Å²) in [6.07, 6.45) is 9.73. The molecule has 0 radical (unpaired) electrons. The molecule has 116 valence electrons. The first-order valence-corrected chi connectivity index (χ1v) is 8.63. The molecule has 0 atom stereocenters. The summed E-state index contributed by atoms with van der Waals surface area (Å²) in [7, 11) is 2.19. The van der Waals surface area contributed by atoms with Crippen LogP contribution in [0.3, 0.4) is 0 Å². The molecular formula is C18H29N3. The average molecular weight is 287 g/mol. The van der Waals surface area contributed by atoms with Crippen molar-refractivity contribution >= 4 is 5.82 Å². The SMILES string of the molecule is Cc1nc(N(C)CC2CCCCC2)ccc1CNC1CC1. The van der Waals surface area contributed by atoms with Crippen LogP contribution in [-0.4, -0.2) is 24.6 Å². The first-order chi connectivity index (χ1) is 10.2. The summed E-state index contributed by atoms with van der Waals surface area (Å²) in [5, 5.41) is 3.57. The maximum atomic E-state index is 4.82. The molecule has 3 rings (SSSR count). The van der Waals surface area contributed by atoms with E-state index in [2.05, 4.69) is 36.3 Å². The molecule has 1 N–H and O–H groups in total. The highest BCUT2D eigenvalue weighted by Crippen LogP contribution is 2.26. The van der Waals surface area contributed by atoms with E-state index in [-0.39, 0.29) is 0 Å². The van der Waals surface area contributed by atoms with Gasteiger partial charge in [-0.2, -0.15) is 0 Å². The first kappa shape index (κ1) is 14.8. The van der Waals surface area contributed by atoms with Gasteiger partial charge in [-0.15, -0.1) is 0 Å². The van der Waals surface area contributed by atoms with Crippen LogP contribution in [0.2, 0.25) is 0 Å². The maximum Gasteiger partial charge on any atom is 0.128 e. The number of hydrogen-bond acceptors (Lipinski definition) is 3. The zero-order valence-corrected chi connectivity index (χ0v) is 13.6. The lowest BCUT2D eigenvalue weighted by molar-refractivity contribution is 0.361. The fraction of sp³-hybridized carbons (Fsp3) is 0.722. The maximum absolute atomic E-state index is 4.82. The van der Waals surface area contributed by atoms with E-state index in [9.17, 15) is 0 Å². The number of anilines is 1. The second-order valence-corrected chi connectivity index (χ2v) is 6.95. The second-order valence-electron chi connectivity index (χ2n) is 6.95. The van der Waals surface area contributed by atoms with Crippen LogP contribution >= 0.6 is 0 Å². The molecular weight excluding hydrogens is 258 g/mol. The molecule has 1 aromatic rings. The predicted molar refractivity (Wildman–Crippen MR) is 88.7 cm³/mol.